The molecule has 0 amide bonds. The first-order chi connectivity index (χ1) is 13.7. The number of hydrogen-bond donors (Lipinski definition) is 0. The van der Waals surface area contributed by atoms with Crippen LogP contribution in [0.25, 0.3) is 22.4 Å². The molecule has 2 heterocycles. The first-order valence-electron chi connectivity index (χ1n) is 9.05. The van der Waals surface area contributed by atoms with Crippen molar-refractivity contribution in [3.05, 3.63) is 74.0 Å². The first kappa shape index (κ1) is 18.7. The molecule has 28 heavy (non-hydrogen) atoms. The average Bonchev–Trinajstić information content (AvgIpc) is 3.23. The van der Waals surface area contributed by atoms with Crippen LogP contribution in [0.3, 0.4) is 0 Å². The van der Waals surface area contributed by atoms with Gasteiger partial charge >= 0.3 is 0 Å². The van der Waals surface area contributed by atoms with Gasteiger partial charge in [-0.2, -0.15) is 9.50 Å². The van der Waals surface area contributed by atoms with E-state index in [0.29, 0.717) is 26.9 Å². The summed E-state index contributed by atoms with van der Waals surface area (Å²) >= 11 is 7.34. The van der Waals surface area contributed by atoms with Crippen molar-refractivity contribution in [2.24, 2.45) is 0 Å². The van der Waals surface area contributed by atoms with E-state index in [2.05, 4.69) is 17.0 Å². The van der Waals surface area contributed by atoms with Gasteiger partial charge in [0.25, 0.3) is 5.56 Å². The van der Waals surface area contributed by atoms with Gasteiger partial charge in [0.15, 0.2) is 5.82 Å². The lowest BCUT2D eigenvalue weighted by atomic mass is 10.2. The van der Waals surface area contributed by atoms with Gasteiger partial charge in [-0.3, -0.25) is 4.79 Å². The topological polar surface area (TPSA) is 56.5 Å². The lowest BCUT2D eigenvalue weighted by Gasteiger charge is -2.07. The second-order valence-electron chi connectivity index (χ2n) is 6.30. The molecule has 4 aromatic rings. The molecule has 0 aliphatic rings. The smallest absolute Gasteiger partial charge is 0.291 e. The van der Waals surface area contributed by atoms with Crippen LogP contribution in [0.4, 0.5) is 0 Å². The summed E-state index contributed by atoms with van der Waals surface area (Å²) in [4.78, 5) is 17.8. The van der Waals surface area contributed by atoms with Gasteiger partial charge in [-0.1, -0.05) is 66.6 Å². The van der Waals surface area contributed by atoms with Gasteiger partial charge in [-0.15, -0.1) is 5.10 Å². The molecule has 2 aromatic carbocycles. The highest BCUT2D eigenvalue weighted by Gasteiger charge is 2.12. The van der Waals surface area contributed by atoms with E-state index >= 15 is 0 Å². The summed E-state index contributed by atoms with van der Waals surface area (Å²) in [5.41, 5.74) is 1.46. The van der Waals surface area contributed by atoms with Crippen molar-refractivity contribution in [1.82, 2.24) is 14.6 Å². The van der Waals surface area contributed by atoms with Gasteiger partial charge in [-0.25, -0.2) is 0 Å². The van der Waals surface area contributed by atoms with Crippen molar-refractivity contribution in [3.63, 3.8) is 0 Å². The molecule has 142 valence electrons. The Hall–Kier alpha value is -2.70. The molecule has 0 saturated heterocycles. The minimum absolute atomic E-state index is 0.191. The molecule has 0 fully saturated rings. The van der Waals surface area contributed by atoms with E-state index in [4.69, 9.17) is 16.3 Å². The highest BCUT2D eigenvalue weighted by Crippen LogP contribution is 2.21. The molecule has 0 N–H and O–H groups in total. The zero-order chi connectivity index (χ0) is 19.5. The van der Waals surface area contributed by atoms with E-state index in [1.54, 1.807) is 12.1 Å². The van der Waals surface area contributed by atoms with Gasteiger partial charge in [0.05, 0.1) is 11.1 Å². The van der Waals surface area contributed by atoms with E-state index in [9.17, 15) is 4.79 Å². The van der Waals surface area contributed by atoms with E-state index < -0.39 is 0 Å². The summed E-state index contributed by atoms with van der Waals surface area (Å²) in [5, 5.41) is 4.97. The summed E-state index contributed by atoms with van der Waals surface area (Å²) in [6, 6.07) is 15.0. The monoisotopic (exact) mass is 411 g/mol. The SMILES string of the molecule is CCCCOc1ccccc1/C=c1\sc2nc(-c3cccc(Cl)c3)nn2c1=O. The second-order valence-corrected chi connectivity index (χ2v) is 7.74. The second kappa shape index (κ2) is 8.12. The first-order valence-corrected chi connectivity index (χ1v) is 10.2. The van der Waals surface area contributed by atoms with Crippen LogP contribution in [-0.4, -0.2) is 21.2 Å². The number of halogens is 1. The molecule has 0 aliphatic carbocycles. The molecule has 0 aliphatic heterocycles. The molecule has 0 radical (unpaired) electrons. The molecule has 5 nitrogen and oxygen atoms in total. The van der Waals surface area contributed by atoms with Crippen molar-refractivity contribution >= 4 is 34.0 Å². The zero-order valence-electron chi connectivity index (χ0n) is 15.3. The van der Waals surface area contributed by atoms with E-state index in [1.807, 2.05) is 42.5 Å². The molecule has 0 bridgehead atoms. The van der Waals surface area contributed by atoms with Crippen LogP contribution in [0, 0.1) is 0 Å². The fraction of sp³-hybridized carbons (Fsp3) is 0.190. The van der Waals surface area contributed by atoms with Crippen LogP contribution in [-0.2, 0) is 0 Å². The number of rotatable bonds is 6. The Morgan fingerprint density at radius 3 is 2.86 bits per heavy atom. The van der Waals surface area contributed by atoms with Crippen molar-refractivity contribution in [2.45, 2.75) is 19.8 Å². The van der Waals surface area contributed by atoms with Crippen molar-refractivity contribution in [2.75, 3.05) is 6.61 Å². The summed E-state index contributed by atoms with van der Waals surface area (Å²) in [5.74, 6) is 1.26. The Morgan fingerprint density at radius 1 is 1.21 bits per heavy atom. The minimum Gasteiger partial charge on any atom is -0.493 e. The molecule has 2 aromatic heterocycles. The van der Waals surface area contributed by atoms with E-state index in [-0.39, 0.29) is 5.56 Å². The quantitative estimate of drug-likeness (QED) is 0.446. The van der Waals surface area contributed by atoms with Crippen LogP contribution in [0.5, 0.6) is 5.75 Å². The van der Waals surface area contributed by atoms with Gasteiger partial charge in [0.2, 0.25) is 4.96 Å². The summed E-state index contributed by atoms with van der Waals surface area (Å²) in [6.45, 7) is 2.78. The molecule has 0 spiro atoms. The van der Waals surface area contributed by atoms with Crippen LogP contribution >= 0.6 is 22.9 Å². The van der Waals surface area contributed by atoms with Crippen LogP contribution < -0.4 is 14.8 Å². The Bertz CT molecular complexity index is 1230. The van der Waals surface area contributed by atoms with Crippen molar-refractivity contribution in [3.8, 4) is 17.1 Å². The molecule has 0 saturated carbocycles. The maximum absolute atomic E-state index is 12.8. The Balaban J connectivity index is 1.72. The third kappa shape index (κ3) is 3.79. The Morgan fingerprint density at radius 2 is 2.07 bits per heavy atom. The summed E-state index contributed by atoms with van der Waals surface area (Å²) < 4.78 is 7.76. The number of hydrogen-bond acceptors (Lipinski definition) is 5. The van der Waals surface area contributed by atoms with E-state index in [0.717, 1.165) is 29.7 Å². The van der Waals surface area contributed by atoms with E-state index in [1.165, 1.54) is 15.9 Å². The Kier molecular flexibility index (Phi) is 5.41. The number of fused-ring (bicyclic) bond motifs is 1. The molecular formula is C21H18ClN3O2S. The van der Waals surface area contributed by atoms with Gasteiger partial charge in [0, 0.05) is 16.1 Å². The number of aromatic nitrogens is 3. The van der Waals surface area contributed by atoms with Gasteiger partial charge < -0.3 is 4.74 Å². The third-order valence-corrected chi connectivity index (χ3v) is 5.42. The summed E-state index contributed by atoms with van der Waals surface area (Å²) in [7, 11) is 0. The fourth-order valence-electron chi connectivity index (χ4n) is 2.78. The van der Waals surface area contributed by atoms with Crippen molar-refractivity contribution < 1.29 is 4.74 Å². The summed E-state index contributed by atoms with van der Waals surface area (Å²) in [6.07, 6.45) is 3.90. The van der Waals surface area contributed by atoms with Gasteiger partial charge in [-0.05, 0) is 30.7 Å². The highest BCUT2D eigenvalue weighted by atomic mass is 35.5. The lowest BCUT2D eigenvalue weighted by molar-refractivity contribution is 0.309. The van der Waals surface area contributed by atoms with Crippen LogP contribution in [0.15, 0.2) is 53.3 Å². The van der Waals surface area contributed by atoms with Crippen molar-refractivity contribution in [1.29, 1.82) is 0 Å². The lowest BCUT2D eigenvalue weighted by Crippen LogP contribution is -2.23. The number of thiazole rings is 1. The number of benzene rings is 2. The molecule has 7 heteroatoms. The fourth-order valence-corrected chi connectivity index (χ4v) is 3.87. The largest absolute Gasteiger partial charge is 0.493 e. The Labute approximate surface area is 170 Å². The number of unbranched alkanes of at least 4 members (excludes halogenated alkanes) is 1. The maximum atomic E-state index is 12.8. The number of ether oxygens (including phenoxy) is 1. The molecule has 0 unspecified atom stereocenters. The average molecular weight is 412 g/mol. The van der Waals surface area contributed by atoms with Crippen LogP contribution in [0.2, 0.25) is 5.02 Å². The maximum Gasteiger partial charge on any atom is 0.291 e. The zero-order valence-corrected chi connectivity index (χ0v) is 16.8. The molecule has 4 rings (SSSR count). The minimum atomic E-state index is -0.191. The van der Waals surface area contributed by atoms with Gasteiger partial charge in [0.1, 0.15) is 5.75 Å². The predicted octanol–water partition coefficient (Wildman–Crippen LogP) is 4.20. The third-order valence-electron chi connectivity index (χ3n) is 4.23. The van der Waals surface area contributed by atoms with Crippen LogP contribution in [0.1, 0.15) is 25.3 Å². The molecular weight excluding hydrogens is 394 g/mol. The molecule has 0 atom stereocenters. The number of para-hydroxylation sites is 1. The number of nitrogens with zero attached hydrogens (tertiary/aromatic N) is 3. The highest BCUT2D eigenvalue weighted by molar-refractivity contribution is 7.15. The predicted molar refractivity (Wildman–Crippen MR) is 113 cm³/mol. The normalized spacial score (nSPS) is 12.0. The standard InChI is InChI=1S/C21H18ClN3O2S/c1-2-3-11-27-17-10-5-4-7-14(17)13-18-20(26)25-21(28-18)23-19(24-25)15-8-6-9-16(22)12-15/h4-10,12-13H,2-3,11H2,1H3/b18-13-.